The Balaban J connectivity index is 2.45. The molecule has 1 N–H and O–H groups in total. The molecule has 2 atom stereocenters. The molecule has 0 spiro atoms. The van der Waals surface area contributed by atoms with E-state index in [4.69, 9.17) is 13.9 Å². The van der Waals surface area contributed by atoms with Crippen LogP contribution in [0.4, 0.5) is 0 Å². The van der Waals surface area contributed by atoms with Crippen LogP contribution in [0.15, 0.2) is 36.9 Å². The van der Waals surface area contributed by atoms with Gasteiger partial charge in [0.05, 0.1) is 25.9 Å². The molecule has 1 rings (SSSR count). The van der Waals surface area contributed by atoms with Crippen LogP contribution in [0.5, 0.6) is 5.75 Å². The molecule has 0 amide bonds. The van der Waals surface area contributed by atoms with Gasteiger partial charge in [-0.1, -0.05) is 39.0 Å². The quantitative estimate of drug-likeness (QED) is 0.336. The van der Waals surface area contributed by atoms with Crippen molar-refractivity contribution >= 4 is 8.32 Å². The van der Waals surface area contributed by atoms with Crippen molar-refractivity contribution in [3.05, 3.63) is 42.5 Å². The van der Waals surface area contributed by atoms with E-state index in [-0.39, 0.29) is 11.1 Å². The third kappa shape index (κ3) is 7.23. The van der Waals surface area contributed by atoms with E-state index in [9.17, 15) is 5.11 Å². The molecule has 148 valence electrons. The van der Waals surface area contributed by atoms with Crippen LogP contribution in [0, 0.1) is 0 Å². The van der Waals surface area contributed by atoms with E-state index in [2.05, 4.69) is 40.4 Å². The summed E-state index contributed by atoms with van der Waals surface area (Å²) in [6, 6.07) is 7.87. The molecule has 0 aliphatic carbocycles. The minimum absolute atomic E-state index is 0.108. The first-order chi connectivity index (χ1) is 12.1. The minimum atomic E-state index is -1.94. The van der Waals surface area contributed by atoms with Crippen LogP contribution in [-0.2, 0) is 15.8 Å². The molecule has 1 aromatic rings. The smallest absolute Gasteiger partial charge is 0.192 e. The van der Waals surface area contributed by atoms with Crippen LogP contribution in [0.2, 0.25) is 18.1 Å². The Morgan fingerprint density at radius 3 is 2.31 bits per heavy atom. The van der Waals surface area contributed by atoms with Gasteiger partial charge >= 0.3 is 0 Å². The SMILES string of the molecule is C=C[C@H](O)[C@H](CCCOCc1ccc(OC)cc1)O[Si](C)(C)C(C)(C)C. The van der Waals surface area contributed by atoms with Crippen molar-refractivity contribution in [1.29, 1.82) is 0 Å². The number of hydrogen-bond acceptors (Lipinski definition) is 4. The van der Waals surface area contributed by atoms with Crippen molar-refractivity contribution in [2.45, 2.75) is 70.6 Å². The Kier molecular flexibility index (Phi) is 9.03. The first kappa shape index (κ1) is 22.9. The monoisotopic (exact) mass is 380 g/mol. The molecule has 1 aromatic carbocycles. The predicted octanol–water partition coefficient (Wildman–Crippen LogP) is 4.93. The largest absolute Gasteiger partial charge is 0.497 e. The molecular weight excluding hydrogens is 344 g/mol. The molecule has 26 heavy (non-hydrogen) atoms. The molecule has 0 saturated heterocycles. The molecule has 5 heteroatoms. The summed E-state index contributed by atoms with van der Waals surface area (Å²) in [7, 11) is -0.279. The summed E-state index contributed by atoms with van der Waals surface area (Å²) in [6.45, 7) is 15.9. The fourth-order valence-corrected chi connectivity index (χ4v) is 3.67. The molecule has 0 heterocycles. The number of rotatable bonds is 11. The summed E-state index contributed by atoms with van der Waals surface area (Å²) in [6.07, 6.45) is 2.28. The molecule has 0 saturated carbocycles. The summed E-state index contributed by atoms with van der Waals surface area (Å²) in [4.78, 5) is 0. The highest BCUT2D eigenvalue weighted by molar-refractivity contribution is 6.74. The number of methoxy groups -OCH3 is 1. The average Bonchev–Trinajstić information content (AvgIpc) is 2.59. The number of aliphatic hydroxyl groups excluding tert-OH is 1. The highest BCUT2D eigenvalue weighted by atomic mass is 28.4. The summed E-state index contributed by atoms with van der Waals surface area (Å²) in [5, 5.41) is 10.4. The molecule has 0 aromatic heterocycles. The van der Waals surface area contributed by atoms with Crippen LogP contribution in [0.1, 0.15) is 39.2 Å². The van der Waals surface area contributed by atoms with Crippen molar-refractivity contribution in [1.82, 2.24) is 0 Å². The summed E-state index contributed by atoms with van der Waals surface area (Å²) in [5.41, 5.74) is 1.12. The van der Waals surface area contributed by atoms with E-state index in [1.165, 1.54) is 0 Å². The maximum Gasteiger partial charge on any atom is 0.192 e. The fourth-order valence-electron chi connectivity index (χ4n) is 2.30. The lowest BCUT2D eigenvalue weighted by molar-refractivity contribution is 0.0396. The van der Waals surface area contributed by atoms with Gasteiger partial charge in [0.1, 0.15) is 5.75 Å². The van der Waals surface area contributed by atoms with Gasteiger partial charge in [-0.05, 0) is 48.7 Å². The summed E-state index contributed by atoms with van der Waals surface area (Å²) < 4.78 is 17.3. The molecule has 0 fully saturated rings. The van der Waals surface area contributed by atoms with Gasteiger partial charge in [0.2, 0.25) is 0 Å². The van der Waals surface area contributed by atoms with Crippen LogP contribution < -0.4 is 4.74 Å². The lowest BCUT2D eigenvalue weighted by Gasteiger charge is -2.40. The van der Waals surface area contributed by atoms with Gasteiger partial charge in [-0.3, -0.25) is 0 Å². The van der Waals surface area contributed by atoms with E-state index in [0.29, 0.717) is 13.2 Å². The first-order valence-corrected chi connectivity index (χ1v) is 12.2. The first-order valence-electron chi connectivity index (χ1n) is 9.30. The van der Waals surface area contributed by atoms with Gasteiger partial charge in [0.25, 0.3) is 0 Å². The molecule has 0 aliphatic rings. The maximum atomic E-state index is 10.3. The van der Waals surface area contributed by atoms with Gasteiger partial charge in [-0.2, -0.15) is 0 Å². The predicted molar refractivity (Wildman–Crippen MR) is 110 cm³/mol. The third-order valence-electron chi connectivity index (χ3n) is 5.08. The van der Waals surface area contributed by atoms with Crippen molar-refractivity contribution < 1.29 is 19.0 Å². The molecule has 0 aliphatic heterocycles. The number of ether oxygens (including phenoxy) is 2. The second kappa shape index (κ2) is 10.3. The number of benzene rings is 1. The van der Waals surface area contributed by atoms with E-state index in [0.717, 1.165) is 24.2 Å². The number of hydrogen-bond donors (Lipinski definition) is 1. The van der Waals surface area contributed by atoms with Gasteiger partial charge in [-0.15, -0.1) is 6.58 Å². The topological polar surface area (TPSA) is 47.9 Å². The van der Waals surface area contributed by atoms with E-state index in [1.54, 1.807) is 13.2 Å². The van der Waals surface area contributed by atoms with Crippen molar-refractivity contribution in [2.24, 2.45) is 0 Å². The van der Waals surface area contributed by atoms with Crippen molar-refractivity contribution in [3.8, 4) is 5.75 Å². The normalized spacial score (nSPS) is 14.7. The zero-order chi connectivity index (χ0) is 19.8. The fraction of sp³-hybridized carbons (Fsp3) is 0.619. The highest BCUT2D eigenvalue weighted by Crippen LogP contribution is 2.38. The zero-order valence-electron chi connectivity index (χ0n) is 17.2. The lowest BCUT2D eigenvalue weighted by atomic mass is 10.1. The Hall–Kier alpha value is -1.14. The molecule has 0 unspecified atom stereocenters. The maximum absolute atomic E-state index is 10.3. The second-order valence-electron chi connectivity index (χ2n) is 8.19. The van der Waals surface area contributed by atoms with Crippen LogP contribution >= 0.6 is 0 Å². The van der Waals surface area contributed by atoms with E-state index < -0.39 is 14.4 Å². The lowest BCUT2D eigenvalue weighted by Crippen LogP contribution is -2.46. The van der Waals surface area contributed by atoms with Gasteiger partial charge in [0, 0.05) is 6.61 Å². The Morgan fingerprint density at radius 2 is 1.81 bits per heavy atom. The van der Waals surface area contributed by atoms with Crippen molar-refractivity contribution in [3.63, 3.8) is 0 Å². The Labute approximate surface area is 160 Å². The highest BCUT2D eigenvalue weighted by Gasteiger charge is 2.40. The zero-order valence-corrected chi connectivity index (χ0v) is 18.2. The number of aliphatic hydroxyl groups is 1. The molecular formula is C21H36O4Si. The van der Waals surface area contributed by atoms with Gasteiger partial charge < -0.3 is 19.0 Å². The standard InChI is InChI=1S/C21H36O4Si/c1-8-19(22)20(25-26(6,7)21(2,3)4)10-9-15-24-16-17-11-13-18(23-5)14-12-17/h8,11-14,19-20,22H,1,9-10,15-16H2,2-7H3/t19-,20-/m0/s1. The third-order valence-corrected chi connectivity index (χ3v) is 9.58. The van der Waals surface area contributed by atoms with Gasteiger partial charge in [0.15, 0.2) is 8.32 Å². The summed E-state index contributed by atoms with van der Waals surface area (Å²) in [5.74, 6) is 0.845. The average molecular weight is 381 g/mol. The Morgan fingerprint density at radius 1 is 1.19 bits per heavy atom. The van der Waals surface area contributed by atoms with Gasteiger partial charge in [-0.25, -0.2) is 0 Å². The van der Waals surface area contributed by atoms with Crippen LogP contribution in [-0.4, -0.2) is 39.3 Å². The van der Waals surface area contributed by atoms with Crippen molar-refractivity contribution in [2.75, 3.05) is 13.7 Å². The minimum Gasteiger partial charge on any atom is -0.497 e. The van der Waals surface area contributed by atoms with Crippen LogP contribution in [0.3, 0.4) is 0 Å². The molecule has 0 bridgehead atoms. The molecule has 4 nitrogen and oxygen atoms in total. The second-order valence-corrected chi connectivity index (χ2v) is 12.9. The van der Waals surface area contributed by atoms with Crippen LogP contribution in [0.25, 0.3) is 0 Å². The summed E-state index contributed by atoms with van der Waals surface area (Å²) >= 11 is 0. The van der Waals surface area contributed by atoms with E-state index >= 15 is 0 Å². The molecule has 0 radical (unpaired) electrons. The Bertz CT molecular complexity index is 534. The van der Waals surface area contributed by atoms with E-state index in [1.807, 2.05) is 24.3 Å².